The minimum Gasteiger partial charge on any atom is -0.348 e. The standard InChI is InChI=1S/C24H26ClN3O5S/c25-17-6-4-16(5-7-17)14-26-21(29)19-8-9-20-23(31)27(12-13-28(20)22(19)30)15-24(10-11-24)34(32,33)18-2-1-3-18/h4-9,18H,1-3,10-15H2,(H,26,29). The van der Waals surface area contributed by atoms with Gasteiger partial charge in [-0.05, 0) is 55.5 Å². The molecule has 8 nitrogen and oxygen atoms in total. The monoisotopic (exact) mass is 503 g/mol. The topological polar surface area (TPSA) is 106 Å². The summed E-state index contributed by atoms with van der Waals surface area (Å²) >= 11 is 5.87. The van der Waals surface area contributed by atoms with Crippen molar-refractivity contribution >= 4 is 33.3 Å². The van der Waals surface area contributed by atoms with Crippen LogP contribution < -0.4 is 10.9 Å². The lowest BCUT2D eigenvalue weighted by atomic mass is 10.00. The molecule has 1 aromatic carbocycles. The van der Waals surface area contributed by atoms with Crippen LogP contribution in [0.2, 0.25) is 5.02 Å². The van der Waals surface area contributed by atoms with E-state index in [4.69, 9.17) is 11.6 Å². The molecule has 1 aliphatic heterocycles. The number of pyridine rings is 1. The highest BCUT2D eigenvalue weighted by Crippen LogP contribution is 2.49. The summed E-state index contributed by atoms with van der Waals surface area (Å²) in [6, 6.07) is 9.85. The number of halogens is 1. The normalized spacial score (nSPS) is 19.3. The average Bonchev–Trinajstić information content (AvgIpc) is 3.55. The lowest BCUT2D eigenvalue weighted by Crippen LogP contribution is -2.51. The molecule has 2 aliphatic carbocycles. The molecule has 10 heteroatoms. The van der Waals surface area contributed by atoms with Gasteiger partial charge in [0.25, 0.3) is 17.4 Å². The molecule has 0 bridgehead atoms. The Hall–Kier alpha value is -2.65. The third-order valence-corrected chi connectivity index (χ3v) is 10.6. The van der Waals surface area contributed by atoms with Crippen LogP contribution in [0.1, 0.15) is 58.5 Å². The number of carbonyl (C=O) groups excluding carboxylic acids is 2. The molecule has 0 radical (unpaired) electrons. The highest BCUT2D eigenvalue weighted by Gasteiger charge is 2.59. The summed E-state index contributed by atoms with van der Waals surface area (Å²) < 4.78 is 26.5. The first-order valence-electron chi connectivity index (χ1n) is 11.5. The van der Waals surface area contributed by atoms with Gasteiger partial charge >= 0.3 is 0 Å². The van der Waals surface area contributed by atoms with Crippen molar-refractivity contribution in [1.29, 1.82) is 0 Å². The molecule has 5 rings (SSSR count). The number of rotatable bonds is 7. The molecule has 1 N–H and O–H groups in total. The second kappa shape index (κ2) is 8.53. The van der Waals surface area contributed by atoms with Crippen LogP contribution in [-0.4, -0.2) is 52.8 Å². The van der Waals surface area contributed by atoms with Gasteiger partial charge in [-0.1, -0.05) is 30.2 Å². The zero-order valence-electron chi connectivity index (χ0n) is 18.6. The largest absolute Gasteiger partial charge is 0.348 e. The fourth-order valence-corrected chi connectivity index (χ4v) is 7.52. The van der Waals surface area contributed by atoms with Crippen molar-refractivity contribution in [2.45, 2.75) is 55.2 Å². The van der Waals surface area contributed by atoms with Crippen molar-refractivity contribution < 1.29 is 18.0 Å². The number of sulfone groups is 1. The maximum absolute atomic E-state index is 13.1. The fraction of sp³-hybridized carbons (Fsp3) is 0.458. The second-order valence-electron chi connectivity index (χ2n) is 9.41. The van der Waals surface area contributed by atoms with Crippen molar-refractivity contribution in [3.05, 3.63) is 68.6 Å². The third kappa shape index (κ3) is 3.94. The summed E-state index contributed by atoms with van der Waals surface area (Å²) in [6.07, 6.45) is 3.51. The van der Waals surface area contributed by atoms with E-state index < -0.39 is 26.1 Å². The van der Waals surface area contributed by atoms with Crippen molar-refractivity contribution in [3.63, 3.8) is 0 Å². The van der Waals surface area contributed by atoms with Crippen LogP contribution in [0.25, 0.3) is 0 Å². The van der Waals surface area contributed by atoms with Crippen LogP contribution in [-0.2, 0) is 22.9 Å². The molecular weight excluding hydrogens is 478 g/mol. The minimum absolute atomic E-state index is 0.0369. The Labute approximate surface area is 202 Å². The number of hydrogen-bond donors (Lipinski definition) is 1. The lowest BCUT2D eigenvalue weighted by molar-refractivity contribution is 0.0694. The van der Waals surface area contributed by atoms with Gasteiger partial charge in [0.05, 0.1) is 10.00 Å². The first kappa shape index (κ1) is 23.1. The van der Waals surface area contributed by atoms with Crippen LogP contribution in [0.15, 0.2) is 41.2 Å². The Bertz CT molecular complexity index is 1310. The molecule has 0 saturated heterocycles. The predicted octanol–water partition coefficient (Wildman–Crippen LogP) is 2.39. The Balaban J connectivity index is 1.30. The first-order valence-corrected chi connectivity index (χ1v) is 13.4. The third-order valence-electron chi connectivity index (χ3n) is 7.27. The summed E-state index contributed by atoms with van der Waals surface area (Å²) in [6.45, 7) is 0.866. The summed E-state index contributed by atoms with van der Waals surface area (Å²) in [5.41, 5.74) is 0.461. The van der Waals surface area contributed by atoms with Gasteiger partial charge in [-0.15, -0.1) is 0 Å². The molecule has 3 aliphatic rings. The van der Waals surface area contributed by atoms with Gasteiger partial charge in [0.1, 0.15) is 11.3 Å². The van der Waals surface area contributed by atoms with Gasteiger partial charge in [0.2, 0.25) is 0 Å². The Morgan fingerprint density at radius 2 is 1.76 bits per heavy atom. The Kier molecular flexibility index (Phi) is 5.80. The number of amides is 2. The highest BCUT2D eigenvalue weighted by atomic mass is 35.5. The average molecular weight is 504 g/mol. The molecule has 2 heterocycles. The van der Waals surface area contributed by atoms with Gasteiger partial charge in [-0.25, -0.2) is 8.42 Å². The van der Waals surface area contributed by atoms with Crippen LogP contribution in [0, 0.1) is 0 Å². The van der Waals surface area contributed by atoms with Crippen molar-refractivity contribution in [2.24, 2.45) is 0 Å². The Morgan fingerprint density at radius 1 is 1.06 bits per heavy atom. The number of nitrogens with zero attached hydrogens (tertiary/aromatic N) is 2. The van der Waals surface area contributed by atoms with E-state index in [1.807, 2.05) is 0 Å². The van der Waals surface area contributed by atoms with E-state index >= 15 is 0 Å². The molecule has 2 amide bonds. The van der Waals surface area contributed by atoms with E-state index in [1.54, 1.807) is 29.2 Å². The van der Waals surface area contributed by atoms with Crippen molar-refractivity contribution in [3.8, 4) is 0 Å². The number of carbonyl (C=O) groups is 2. The van der Waals surface area contributed by atoms with E-state index in [0.29, 0.717) is 30.7 Å². The van der Waals surface area contributed by atoms with Crippen LogP contribution in [0.3, 0.4) is 0 Å². The quantitative estimate of drug-likeness (QED) is 0.624. The van der Waals surface area contributed by atoms with Gasteiger partial charge in [0.15, 0.2) is 9.84 Å². The number of benzene rings is 1. The smallest absolute Gasteiger partial charge is 0.270 e. The number of fused-ring (bicyclic) bond motifs is 1. The molecule has 0 spiro atoms. The van der Waals surface area contributed by atoms with E-state index in [1.165, 1.54) is 16.7 Å². The Morgan fingerprint density at radius 3 is 2.38 bits per heavy atom. The second-order valence-corrected chi connectivity index (χ2v) is 12.5. The summed E-state index contributed by atoms with van der Waals surface area (Å²) in [5.74, 6) is -0.889. The molecule has 2 fully saturated rings. The molecule has 1 aromatic heterocycles. The zero-order chi connectivity index (χ0) is 24.1. The number of hydrogen-bond acceptors (Lipinski definition) is 5. The van der Waals surface area contributed by atoms with E-state index in [0.717, 1.165) is 12.0 Å². The van der Waals surface area contributed by atoms with Gasteiger partial charge in [-0.3, -0.25) is 14.4 Å². The molecule has 0 unspecified atom stereocenters. The summed E-state index contributed by atoms with van der Waals surface area (Å²) in [5, 5.41) is 3.04. The van der Waals surface area contributed by atoms with E-state index in [-0.39, 0.29) is 48.6 Å². The van der Waals surface area contributed by atoms with E-state index in [2.05, 4.69) is 5.32 Å². The molecule has 0 atom stereocenters. The van der Waals surface area contributed by atoms with Crippen LogP contribution in [0.5, 0.6) is 0 Å². The molecular formula is C24H26ClN3O5S. The van der Waals surface area contributed by atoms with Gasteiger partial charge in [0, 0.05) is 31.2 Å². The lowest BCUT2D eigenvalue weighted by Gasteiger charge is -2.35. The number of aromatic nitrogens is 1. The summed E-state index contributed by atoms with van der Waals surface area (Å²) in [4.78, 5) is 40.3. The first-order chi connectivity index (χ1) is 16.2. The maximum atomic E-state index is 13.1. The molecule has 2 aromatic rings. The minimum atomic E-state index is -3.27. The van der Waals surface area contributed by atoms with Crippen LogP contribution in [0.4, 0.5) is 0 Å². The van der Waals surface area contributed by atoms with Gasteiger partial charge in [-0.2, -0.15) is 0 Å². The molecule has 180 valence electrons. The molecule has 2 saturated carbocycles. The van der Waals surface area contributed by atoms with Crippen molar-refractivity contribution in [2.75, 3.05) is 13.1 Å². The predicted molar refractivity (Wildman–Crippen MR) is 128 cm³/mol. The maximum Gasteiger partial charge on any atom is 0.270 e. The molecule has 34 heavy (non-hydrogen) atoms. The van der Waals surface area contributed by atoms with Gasteiger partial charge < -0.3 is 14.8 Å². The zero-order valence-corrected chi connectivity index (χ0v) is 20.2. The van der Waals surface area contributed by atoms with E-state index in [9.17, 15) is 22.8 Å². The van der Waals surface area contributed by atoms with Crippen LogP contribution >= 0.6 is 11.6 Å². The number of nitrogens with one attached hydrogen (secondary N) is 1. The summed E-state index contributed by atoms with van der Waals surface area (Å²) in [7, 11) is -3.27. The highest BCUT2D eigenvalue weighted by molar-refractivity contribution is 7.93. The SMILES string of the molecule is O=C(NCc1ccc(Cl)cc1)c1ccc2n(c1=O)CCN(CC1(S(=O)(=O)C3CCC3)CC1)C2=O. The van der Waals surface area contributed by atoms with Crippen molar-refractivity contribution in [1.82, 2.24) is 14.8 Å². The fourth-order valence-electron chi connectivity index (χ4n) is 4.73.